The lowest BCUT2D eigenvalue weighted by Crippen LogP contribution is -2.64. The summed E-state index contributed by atoms with van der Waals surface area (Å²) in [5.41, 5.74) is 0.782. The van der Waals surface area contributed by atoms with Gasteiger partial charge in [-0.25, -0.2) is 4.79 Å². The van der Waals surface area contributed by atoms with Gasteiger partial charge in [-0.3, -0.25) is 24.5 Å². The normalized spacial score (nSPS) is 24.0. The minimum atomic E-state index is -0.745. The second-order valence-electron chi connectivity index (χ2n) is 11.2. The summed E-state index contributed by atoms with van der Waals surface area (Å²) in [7, 11) is 0. The van der Waals surface area contributed by atoms with E-state index in [0.29, 0.717) is 29.8 Å². The summed E-state index contributed by atoms with van der Waals surface area (Å²) in [4.78, 5) is 65.6. The van der Waals surface area contributed by atoms with Crippen molar-refractivity contribution in [3.05, 3.63) is 33.2 Å². The number of likely N-dealkylation sites (tertiary alicyclic amines) is 1. The molecule has 4 heterocycles. The summed E-state index contributed by atoms with van der Waals surface area (Å²) in [6, 6.07) is -0.734. The summed E-state index contributed by atoms with van der Waals surface area (Å²) in [6.07, 6.45) is 3.44. The number of aryl methyl sites for hydroxylation is 1. The van der Waals surface area contributed by atoms with Gasteiger partial charge >= 0.3 is 6.09 Å². The molecule has 3 fully saturated rings. The van der Waals surface area contributed by atoms with Crippen molar-refractivity contribution in [1.29, 1.82) is 0 Å². The van der Waals surface area contributed by atoms with E-state index in [1.807, 2.05) is 27.7 Å². The van der Waals surface area contributed by atoms with E-state index < -0.39 is 17.6 Å². The molecule has 1 saturated carbocycles. The maximum absolute atomic E-state index is 13.3. The first-order valence-electron chi connectivity index (χ1n) is 11.7. The zero-order valence-corrected chi connectivity index (χ0v) is 20.0. The van der Waals surface area contributed by atoms with Crippen LogP contribution in [0.4, 0.5) is 4.79 Å². The fourth-order valence-electron chi connectivity index (χ4n) is 5.78. The molecule has 4 aliphatic rings. The number of nitrogens with zero attached hydrogens (tertiary/aromatic N) is 3. The molecule has 34 heavy (non-hydrogen) atoms. The van der Waals surface area contributed by atoms with E-state index in [4.69, 9.17) is 4.74 Å². The van der Waals surface area contributed by atoms with E-state index in [0.717, 1.165) is 12.8 Å². The Bertz CT molecular complexity index is 1170. The Kier molecular flexibility index (Phi) is 4.93. The smallest absolute Gasteiger partial charge is 0.410 e. The second-order valence-corrected chi connectivity index (χ2v) is 11.2. The number of piperidine rings is 1. The highest BCUT2D eigenvalue weighted by molar-refractivity contribution is 6.05. The zero-order chi connectivity index (χ0) is 24.6. The average molecular weight is 471 g/mol. The van der Waals surface area contributed by atoms with E-state index in [-0.39, 0.29) is 54.3 Å². The van der Waals surface area contributed by atoms with Crippen LogP contribution in [0.1, 0.15) is 74.0 Å². The van der Waals surface area contributed by atoms with E-state index in [1.165, 1.54) is 4.90 Å². The summed E-state index contributed by atoms with van der Waals surface area (Å²) in [6.45, 7) is 8.66. The number of imide groups is 1. The van der Waals surface area contributed by atoms with Gasteiger partial charge in [-0.2, -0.15) is 0 Å². The third-order valence-corrected chi connectivity index (χ3v) is 7.35. The topological polar surface area (TPSA) is 118 Å². The third-order valence-electron chi connectivity index (χ3n) is 7.35. The van der Waals surface area contributed by atoms with Gasteiger partial charge in [-0.1, -0.05) is 0 Å². The van der Waals surface area contributed by atoms with Crippen LogP contribution >= 0.6 is 0 Å². The van der Waals surface area contributed by atoms with E-state index in [1.54, 1.807) is 15.7 Å². The van der Waals surface area contributed by atoms with Gasteiger partial charge in [0.2, 0.25) is 11.8 Å². The maximum atomic E-state index is 13.3. The van der Waals surface area contributed by atoms with Crippen LogP contribution in [0.3, 0.4) is 0 Å². The van der Waals surface area contributed by atoms with Gasteiger partial charge in [0.05, 0.1) is 12.1 Å². The molecular formula is C24H30N4O6. The lowest BCUT2D eigenvalue weighted by Gasteiger charge is -2.58. The SMILES string of the molecule is Cc1cn(C2CC3(C2)CN(C(=O)OC(C)(C)C)C3)c(=O)c2c1C(=O)N([C@@H]1CCC(=O)NC1=O)C2. The fourth-order valence-corrected chi connectivity index (χ4v) is 5.78. The number of ether oxygens (including phenoxy) is 1. The number of nitrogens with one attached hydrogen (secondary N) is 1. The summed E-state index contributed by atoms with van der Waals surface area (Å²) < 4.78 is 7.15. The van der Waals surface area contributed by atoms with Crippen LogP contribution in [0, 0.1) is 12.3 Å². The number of pyridine rings is 1. The Hall–Kier alpha value is -3.17. The van der Waals surface area contributed by atoms with Gasteiger partial charge in [-0.15, -0.1) is 0 Å². The molecule has 10 nitrogen and oxygen atoms in total. The van der Waals surface area contributed by atoms with Gasteiger partial charge < -0.3 is 19.1 Å². The molecule has 1 N–H and O–H groups in total. The van der Waals surface area contributed by atoms with Crippen LogP contribution in [0.25, 0.3) is 0 Å². The maximum Gasteiger partial charge on any atom is 0.410 e. The summed E-state index contributed by atoms with van der Waals surface area (Å²) in [5.74, 6) is -1.16. The van der Waals surface area contributed by atoms with Crippen molar-refractivity contribution in [2.75, 3.05) is 13.1 Å². The second kappa shape index (κ2) is 7.41. The molecular weight excluding hydrogens is 440 g/mol. The van der Waals surface area contributed by atoms with Crippen molar-refractivity contribution >= 4 is 23.8 Å². The highest BCUT2D eigenvalue weighted by Crippen LogP contribution is 2.54. The van der Waals surface area contributed by atoms with Crippen LogP contribution in [0.2, 0.25) is 0 Å². The van der Waals surface area contributed by atoms with Crippen LogP contribution < -0.4 is 10.9 Å². The fraction of sp³-hybridized carbons (Fsp3) is 0.625. The standard InChI is InChI=1S/C24H30N4O6/c1-13-9-27(14-7-24(8-14)11-26(12-24)22(33)34-23(2,3)4)20(31)15-10-28(21(32)18(13)15)16-5-6-17(29)25-19(16)30/h9,14,16H,5-8,10-12H2,1-4H3,(H,25,29,30)/t16-/m1/s1. The van der Waals surface area contributed by atoms with E-state index in [9.17, 15) is 24.0 Å². The van der Waals surface area contributed by atoms with Crippen LogP contribution in [0.15, 0.2) is 11.0 Å². The highest BCUT2D eigenvalue weighted by Gasteiger charge is 2.55. The summed E-state index contributed by atoms with van der Waals surface area (Å²) in [5, 5.41) is 2.28. The van der Waals surface area contributed by atoms with E-state index in [2.05, 4.69) is 5.32 Å². The third kappa shape index (κ3) is 3.59. The monoisotopic (exact) mass is 470 g/mol. The van der Waals surface area contributed by atoms with Crippen LogP contribution in [-0.4, -0.2) is 62.9 Å². The molecule has 1 aromatic rings. The quantitative estimate of drug-likeness (QED) is 0.655. The van der Waals surface area contributed by atoms with Gasteiger partial charge in [0.15, 0.2) is 0 Å². The minimum absolute atomic E-state index is 0.0111. The molecule has 1 aliphatic carbocycles. The molecule has 4 amide bonds. The molecule has 0 unspecified atom stereocenters. The van der Waals surface area contributed by atoms with Gasteiger partial charge in [0, 0.05) is 42.7 Å². The van der Waals surface area contributed by atoms with Crippen molar-refractivity contribution < 1.29 is 23.9 Å². The number of hydrogen-bond donors (Lipinski definition) is 1. The number of carbonyl (C=O) groups excluding carboxylic acids is 4. The lowest BCUT2D eigenvalue weighted by atomic mass is 9.60. The molecule has 2 saturated heterocycles. The number of aromatic nitrogens is 1. The Labute approximate surface area is 197 Å². The molecule has 1 atom stereocenters. The van der Waals surface area contributed by atoms with Crippen molar-refractivity contribution in [2.45, 2.75) is 77.6 Å². The van der Waals surface area contributed by atoms with Crippen molar-refractivity contribution in [3.63, 3.8) is 0 Å². The van der Waals surface area contributed by atoms with Gasteiger partial charge in [0.1, 0.15) is 11.6 Å². The molecule has 0 bridgehead atoms. The Morgan fingerprint density at radius 2 is 1.82 bits per heavy atom. The molecule has 5 rings (SSSR count). The first-order valence-corrected chi connectivity index (χ1v) is 11.7. The molecule has 0 aromatic carbocycles. The van der Waals surface area contributed by atoms with Gasteiger partial charge in [-0.05, 0) is 52.5 Å². The first kappa shape index (κ1) is 22.6. The Morgan fingerprint density at radius 1 is 1.15 bits per heavy atom. The highest BCUT2D eigenvalue weighted by atomic mass is 16.6. The summed E-state index contributed by atoms with van der Waals surface area (Å²) >= 11 is 0. The van der Waals surface area contributed by atoms with Crippen LogP contribution in [0.5, 0.6) is 0 Å². The number of hydrogen-bond acceptors (Lipinski definition) is 6. The predicted octanol–water partition coefficient (Wildman–Crippen LogP) is 1.49. The average Bonchev–Trinajstić information content (AvgIpc) is 3.00. The first-order chi connectivity index (χ1) is 15.9. The number of fused-ring (bicyclic) bond motifs is 1. The Morgan fingerprint density at radius 3 is 2.44 bits per heavy atom. The molecule has 1 aromatic heterocycles. The zero-order valence-electron chi connectivity index (χ0n) is 20.0. The number of amides is 4. The molecule has 1 spiro atoms. The number of carbonyl (C=O) groups is 4. The Balaban J connectivity index is 1.29. The largest absolute Gasteiger partial charge is 0.444 e. The number of rotatable bonds is 2. The lowest BCUT2D eigenvalue weighted by molar-refractivity contribution is -0.136. The minimum Gasteiger partial charge on any atom is -0.444 e. The van der Waals surface area contributed by atoms with E-state index >= 15 is 0 Å². The molecule has 10 heteroatoms. The van der Waals surface area contributed by atoms with Gasteiger partial charge in [0.25, 0.3) is 11.5 Å². The molecule has 182 valence electrons. The van der Waals surface area contributed by atoms with Crippen molar-refractivity contribution in [1.82, 2.24) is 19.7 Å². The van der Waals surface area contributed by atoms with Crippen molar-refractivity contribution in [2.24, 2.45) is 5.41 Å². The predicted molar refractivity (Wildman–Crippen MR) is 120 cm³/mol. The van der Waals surface area contributed by atoms with Crippen LogP contribution in [-0.2, 0) is 20.9 Å². The molecule has 3 aliphatic heterocycles. The van der Waals surface area contributed by atoms with Crippen molar-refractivity contribution in [3.8, 4) is 0 Å². The molecule has 0 radical (unpaired) electrons.